The van der Waals surface area contributed by atoms with Crippen LogP contribution in [0.15, 0.2) is 41.6 Å². The molecule has 0 N–H and O–H groups in total. The van der Waals surface area contributed by atoms with Crippen molar-refractivity contribution in [2.75, 3.05) is 27.9 Å². The van der Waals surface area contributed by atoms with Gasteiger partial charge in [0.1, 0.15) is 5.69 Å². The predicted molar refractivity (Wildman–Crippen MR) is 113 cm³/mol. The van der Waals surface area contributed by atoms with Crippen LogP contribution in [0.4, 0.5) is 0 Å². The number of rotatable bonds is 11. The van der Waals surface area contributed by atoms with E-state index in [0.29, 0.717) is 30.5 Å². The molecule has 0 saturated carbocycles. The lowest BCUT2D eigenvalue weighted by Gasteiger charge is -2.13. The highest BCUT2D eigenvalue weighted by Crippen LogP contribution is 2.39. The van der Waals surface area contributed by atoms with Gasteiger partial charge in [0.2, 0.25) is 5.75 Å². The number of methoxy groups -OCH3 is 3. The van der Waals surface area contributed by atoms with Crippen LogP contribution in [-0.2, 0) is 11.3 Å². The van der Waals surface area contributed by atoms with E-state index in [4.69, 9.17) is 18.9 Å². The zero-order chi connectivity index (χ0) is 21.2. The van der Waals surface area contributed by atoms with E-state index in [9.17, 15) is 0 Å². The Labute approximate surface area is 172 Å². The van der Waals surface area contributed by atoms with E-state index in [1.807, 2.05) is 18.3 Å². The number of nitrogens with zero attached hydrogens (tertiary/aromatic N) is 3. The lowest BCUT2D eigenvalue weighted by Crippen LogP contribution is -2.00. The van der Waals surface area contributed by atoms with Gasteiger partial charge in [0.15, 0.2) is 11.5 Å². The fourth-order valence-electron chi connectivity index (χ4n) is 2.75. The summed E-state index contributed by atoms with van der Waals surface area (Å²) in [5.74, 6) is 1.65. The quantitative estimate of drug-likeness (QED) is 0.408. The van der Waals surface area contributed by atoms with Gasteiger partial charge in [0.25, 0.3) is 0 Å². The number of ether oxygens (including phenoxy) is 4. The van der Waals surface area contributed by atoms with Crippen molar-refractivity contribution in [3.8, 4) is 22.9 Å². The molecule has 0 radical (unpaired) electrons. The Kier molecular flexibility index (Phi) is 8.73. The van der Waals surface area contributed by atoms with Crippen molar-refractivity contribution in [3.05, 3.63) is 47.3 Å². The Bertz CT molecular complexity index is 826. The average Bonchev–Trinajstić information content (AvgIpc) is 3.18. The van der Waals surface area contributed by atoms with Crippen LogP contribution >= 0.6 is 0 Å². The first-order valence-corrected chi connectivity index (χ1v) is 9.56. The van der Waals surface area contributed by atoms with E-state index in [0.717, 1.165) is 24.2 Å². The van der Waals surface area contributed by atoms with Gasteiger partial charge in [0.05, 0.1) is 46.4 Å². The standard InChI is InChI=1S/C22H31N3O4/c1-16(2)8-7-9-17(3)10-11-29-15-18-14-25(24-23-18)19-12-20(26-4)22(28-6)21(13-19)27-5/h8,10,12-14H,7,9,11,15H2,1-6H3/b17-10+. The van der Waals surface area contributed by atoms with Crippen LogP contribution in [0, 0.1) is 0 Å². The first-order chi connectivity index (χ1) is 14.0. The van der Waals surface area contributed by atoms with Gasteiger partial charge in [-0.15, -0.1) is 5.10 Å². The summed E-state index contributed by atoms with van der Waals surface area (Å²) >= 11 is 0. The lowest BCUT2D eigenvalue weighted by atomic mass is 10.1. The number of aromatic nitrogens is 3. The Morgan fingerprint density at radius 3 is 2.28 bits per heavy atom. The molecule has 1 heterocycles. The molecule has 0 aliphatic carbocycles. The molecular formula is C22H31N3O4. The van der Waals surface area contributed by atoms with Crippen LogP contribution in [0.2, 0.25) is 0 Å². The molecule has 7 heteroatoms. The van der Waals surface area contributed by atoms with Crippen LogP contribution in [-0.4, -0.2) is 42.9 Å². The van der Waals surface area contributed by atoms with Crippen LogP contribution in [0.5, 0.6) is 17.2 Å². The highest BCUT2D eigenvalue weighted by atomic mass is 16.5. The normalized spacial score (nSPS) is 11.3. The summed E-state index contributed by atoms with van der Waals surface area (Å²) in [5.41, 5.74) is 4.18. The van der Waals surface area contributed by atoms with Crippen molar-refractivity contribution in [2.24, 2.45) is 0 Å². The molecule has 0 aliphatic heterocycles. The minimum absolute atomic E-state index is 0.391. The monoisotopic (exact) mass is 401 g/mol. The lowest BCUT2D eigenvalue weighted by molar-refractivity contribution is 0.145. The fourth-order valence-corrected chi connectivity index (χ4v) is 2.75. The van der Waals surface area contributed by atoms with Gasteiger partial charge in [0, 0.05) is 12.1 Å². The third-order valence-electron chi connectivity index (χ3n) is 4.35. The third-order valence-corrected chi connectivity index (χ3v) is 4.35. The van der Waals surface area contributed by atoms with Gasteiger partial charge in [-0.05, 0) is 33.6 Å². The van der Waals surface area contributed by atoms with Gasteiger partial charge in [-0.3, -0.25) is 0 Å². The van der Waals surface area contributed by atoms with Crippen LogP contribution in [0.25, 0.3) is 5.69 Å². The van der Waals surface area contributed by atoms with Crippen molar-refractivity contribution in [1.29, 1.82) is 0 Å². The van der Waals surface area contributed by atoms with Crippen molar-refractivity contribution in [2.45, 2.75) is 40.2 Å². The van der Waals surface area contributed by atoms with Crippen LogP contribution in [0.1, 0.15) is 39.3 Å². The SMILES string of the molecule is COc1cc(-n2cc(COC/C=C(\C)CCC=C(C)C)nn2)cc(OC)c1OC. The maximum absolute atomic E-state index is 5.72. The highest BCUT2D eigenvalue weighted by molar-refractivity contribution is 5.57. The smallest absolute Gasteiger partial charge is 0.203 e. The van der Waals surface area contributed by atoms with Crippen molar-refractivity contribution in [1.82, 2.24) is 15.0 Å². The maximum Gasteiger partial charge on any atom is 0.203 e. The summed E-state index contributed by atoms with van der Waals surface area (Å²) < 4.78 is 23.5. The molecule has 0 amide bonds. The van der Waals surface area contributed by atoms with Crippen molar-refractivity contribution >= 4 is 0 Å². The van der Waals surface area contributed by atoms with E-state index < -0.39 is 0 Å². The minimum atomic E-state index is 0.391. The van der Waals surface area contributed by atoms with Crippen molar-refractivity contribution < 1.29 is 18.9 Å². The maximum atomic E-state index is 5.72. The molecule has 0 fully saturated rings. The van der Waals surface area contributed by atoms with E-state index in [1.165, 1.54) is 11.1 Å². The second-order valence-electron chi connectivity index (χ2n) is 6.92. The molecule has 2 aromatic rings. The zero-order valence-electron chi connectivity index (χ0n) is 18.2. The second kappa shape index (κ2) is 11.3. The summed E-state index contributed by atoms with van der Waals surface area (Å²) in [5, 5.41) is 8.35. The fraction of sp³-hybridized carbons (Fsp3) is 0.455. The molecule has 0 unspecified atom stereocenters. The van der Waals surface area contributed by atoms with Crippen molar-refractivity contribution in [3.63, 3.8) is 0 Å². The van der Waals surface area contributed by atoms with Gasteiger partial charge in [-0.2, -0.15) is 0 Å². The number of benzene rings is 1. The van der Waals surface area contributed by atoms with E-state index in [-0.39, 0.29) is 0 Å². The molecule has 0 spiro atoms. The Morgan fingerprint density at radius 2 is 1.69 bits per heavy atom. The topological polar surface area (TPSA) is 67.6 Å². The molecule has 2 rings (SSSR count). The summed E-state index contributed by atoms with van der Waals surface area (Å²) in [6, 6.07) is 3.64. The average molecular weight is 402 g/mol. The third kappa shape index (κ3) is 6.64. The summed E-state index contributed by atoms with van der Waals surface area (Å²) in [4.78, 5) is 0. The van der Waals surface area contributed by atoms with Crippen LogP contribution < -0.4 is 14.2 Å². The predicted octanol–water partition coefficient (Wildman–Crippen LogP) is 4.50. The largest absolute Gasteiger partial charge is 0.493 e. The van der Waals surface area contributed by atoms with Crippen LogP contribution in [0.3, 0.4) is 0 Å². The molecule has 29 heavy (non-hydrogen) atoms. The Morgan fingerprint density at radius 1 is 1.00 bits per heavy atom. The van der Waals surface area contributed by atoms with Gasteiger partial charge >= 0.3 is 0 Å². The minimum Gasteiger partial charge on any atom is -0.493 e. The molecule has 1 aromatic carbocycles. The molecule has 0 aliphatic rings. The number of hydrogen-bond acceptors (Lipinski definition) is 6. The first-order valence-electron chi connectivity index (χ1n) is 9.56. The first kappa shape index (κ1) is 22.5. The number of allylic oxidation sites excluding steroid dienone is 3. The second-order valence-corrected chi connectivity index (χ2v) is 6.92. The summed E-state index contributed by atoms with van der Waals surface area (Å²) in [6.45, 7) is 7.31. The molecule has 0 bridgehead atoms. The molecular weight excluding hydrogens is 370 g/mol. The molecule has 7 nitrogen and oxygen atoms in total. The van der Waals surface area contributed by atoms with E-state index in [1.54, 1.807) is 26.0 Å². The van der Waals surface area contributed by atoms with E-state index >= 15 is 0 Å². The Balaban J connectivity index is 1.97. The van der Waals surface area contributed by atoms with Gasteiger partial charge in [-0.1, -0.05) is 28.5 Å². The number of hydrogen-bond donors (Lipinski definition) is 0. The van der Waals surface area contributed by atoms with Gasteiger partial charge < -0.3 is 18.9 Å². The molecule has 1 aromatic heterocycles. The Hall–Kier alpha value is -2.80. The summed E-state index contributed by atoms with van der Waals surface area (Å²) in [6.07, 6.45) is 8.30. The van der Waals surface area contributed by atoms with E-state index in [2.05, 4.69) is 43.2 Å². The highest BCUT2D eigenvalue weighted by Gasteiger charge is 2.15. The van der Waals surface area contributed by atoms with Gasteiger partial charge in [-0.25, -0.2) is 4.68 Å². The summed E-state index contributed by atoms with van der Waals surface area (Å²) in [7, 11) is 4.73. The zero-order valence-corrected chi connectivity index (χ0v) is 18.2. The molecule has 0 atom stereocenters. The molecule has 0 saturated heterocycles. The molecule has 158 valence electrons.